The van der Waals surface area contributed by atoms with Crippen molar-refractivity contribution in [3.63, 3.8) is 0 Å². The third-order valence-electron chi connectivity index (χ3n) is 16.3. The maximum absolute atomic E-state index is 5.39. The molecular weight excluding hydrogens is 923 g/mol. The van der Waals surface area contributed by atoms with E-state index in [4.69, 9.17) is 10.2 Å². The smallest absolute Gasteiger partial charge is 0.180 e. The number of hydrogen-bond donors (Lipinski definition) is 0. The van der Waals surface area contributed by atoms with Crippen LogP contribution in [0.25, 0.3) is 97.9 Å². The van der Waals surface area contributed by atoms with E-state index in [0.29, 0.717) is 5.92 Å². The van der Waals surface area contributed by atoms with Crippen LogP contribution in [0.4, 0.5) is 0 Å². The Morgan fingerprint density at radius 3 is 2.18 bits per heavy atom. The fourth-order valence-corrected chi connectivity index (χ4v) is 12.7. The van der Waals surface area contributed by atoms with Gasteiger partial charge in [-0.3, -0.25) is 4.57 Å². The van der Waals surface area contributed by atoms with Gasteiger partial charge in [0, 0.05) is 35.0 Å². The number of rotatable bonds is 12. The van der Waals surface area contributed by atoms with Gasteiger partial charge >= 0.3 is 0 Å². The molecule has 0 saturated heterocycles. The SMILES string of the molecule is C=Cc1c(/C=C\C)c(/C=C/c2ccc3c(c2)-c2cccc(-n4c5c(c6ccccc64)CCC=C5)c2C3)c(/C=C\C)n1-c1cnn(-c2cc(-c3cccc(CC(CC(C)(C)C)C(C)(C)C)c3)cc3c2Cc2ccccc2-3)n1. The molecule has 5 nitrogen and oxygen atoms in total. The lowest BCUT2D eigenvalue weighted by atomic mass is 9.70. The summed E-state index contributed by atoms with van der Waals surface area (Å²) in [6.45, 7) is 22.8. The predicted octanol–water partition coefficient (Wildman–Crippen LogP) is 18.3. The van der Waals surface area contributed by atoms with E-state index in [1.54, 1.807) is 0 Å². The average Bonchev–Trinajstić information content (AvgIpc) is 4.39. The van der Waals surface area contributed by atoms with Crippen molar-refractivity contribution in [2.45, 2.75) is 93.9 Å². The summed E-state index contributed by atoms with van der Waals surface area (Å²) < 4.78 is 4.73. The second-order valence-electron chi connectivity index (χ2n) is 23.6. The van der Waals surface area contributed by atoms with Crippen molar-refractivity contribution in [1.82, 2.24) is 24.1 Å². The second-order valence-corrected chi connectivity index (χ2v) is 23.6. The summed E-state index contributed by atoms with van der Waals surface area (Å²) in [6, 6.07) is 45.5. The molecular formula is C71H69N5. The highest BCUT2D eigenvalue weighted by Crippen LogP contribution is 2.46. The van der Waals surface area contributed by atoms with Gasteiger partial charge in [-0.2, -0.15) is 5.10 Å². The maximum Gasteiger partial charge on any atom is 0.180 e. The highest BCUT2D eigenvalue weighted by atomic mass is 15.5. The normalized spacial score (nSPS) is 14.3. The third-order valence-corrected chi connectivity index (χ3v) is 16.3. The van der Waals surface area contributed by atoms with E-state index in [9.17, 15) is 0 Å². The van der Waals surface area contributed by atoms with Crippen molar-refractivity contribution < 1.29 is 0 Å². The molecule has 3 aromatic heterocycles. The van der Waals surface area contributed by atoms with Crippen LogP contribution in [0.15, 0.2) is 152 Å². The van der Waals surface area contributed by atoms with E-state index in [-0.39, 0.29) is 10.8 Å². The van der Waals surface area contributed by atoms with Gasteiger partial charge in [-0.1, -0.05) is 176 Å². The van der Waals surface area contributed by atoms with Crippen LogP contribution in [-0.2, 0) is 25.7 Å². The van der Waals surface area contributed by atoms with Crippen LogP contribution in [0.5, 0.6) is 0 Å². The van der Waals surface area contributed by atoms with Crippen molar-refractivity contribution in [2.75, 3.05) is 0 Å². The first kappa shape index (κ1) is 48.9. The lowest BCUT2D eigenvalue weighted by molar-refractivity contribution is 0.164. The van der Waals surface area contributed by atoms with Crippen LogP contribution in [0.3, 0.4) is 0 Å². The fourth-order valence-electron chi connectivity index (χ4n) is 12.7. The van der Waals surface area contributed by atoms with Gasteiger partial charge in [-0.15, -0.1) is 9.90 Å². The van der Waals surface area contributed by atoms with Crippen LogP contribution < -0.4 is 0 Å². The lowest BCUT2D eigenvalue weighted by Gasteiger charge is -2.36. The first-order chi connectivity index (χ1) is 36.8. The molecule has 0 aliphatic heterocycles. The number of hydrogen-bond acceptors (Lipinski definition) is 2. The highest BCUT2D eigenvalue weighted by Gasteiger charge is 2.31. The van der Waals surface area contributed by atoms with Crippen LogP contribution in [0, 0.1) is 16.7 Å². The van der Waals surface area contributed by atoms with Crippen molar-refractivity contribution in [3.8, 4) is 50.6 Å². The van der Waals surface area contributed by atoms with E-state index in [0.717, 1.165) is 71.7 Å². The van der Waals surface area contributed by atoms with E-state index < -0.39 is 0 Å². The maximum atomic E-state index is 5.39. The topological polar surface area (TPSA) is 40.6 Å². The fraction of sp³-hybridized carbons (Fsp3) is 0.239. The molecule has 1 atom stereocenters. The first-order valence-corrected chi connectivity index (χ1v) is 27.5. The Kier molecular flexibility index (Phi) is 12.4. The van der Waals surface area contributed by atoms with Crippen molar-refractivity contribution in [1.29, 1.82) is 0 Å². The molecule has 0 fully saturated rings. The number of aromatic nitrogens is 5. The standard InChI is InChI=1S/C71H69N5/c1-10-21-55-58(36-34-46-33-35-50-41-61-54(59(50)39-46)29-20-32-67(61)74-65-30-17-15-27-56(65)57-28-16-18-31-66(57)74)64(22-11-2)75(63(55)12-3)69-45-72-76(73-69)68-43-51(42-60-53-26-14-13-24-49(53)40-62(60)68)48-25-19-23-47(37-48)38-52(71(7,8)9)44-70(4,5)6/h10-15,17-27,29-37,39,42-43,45,52H,3,16,28,38,40-41,44H2,1-2,4-9H3/b21-10-,22-11-,36-34+. The van der Waals surface area contributed by atoms with Crippen molar-refractivity contribution in [3.05, 3.63) is 219 Å². The van der Waals surface area contributed by atoms with E-state index in [1.165, 1.54) is 95.5 Å². The molecule has 0 radical (unpaired) electrons. The number of benzene rings is 6. The molecule has 0 amide bonds. The molecule has 5 heteroatoms. The minimum atomic E-state index is 0.193. The molecule has 0 N–H and O–H groups in total. The molecule has 6 aromatic carbocycles. The van der Waals surface area contributed by atoms with Gasteiger partial charge in [0.25, 0.3) is 0 Å². The average molecular weight is 992 g/mol. The molecule has 3 heterocycles. The van der Waals surface area contributed by atoms with E-state index in [2.05, 4.69) is 241 Å². The molecule has 0 saturated carbocycles. The van der Waals surface area contributed by atoms with E-state index >= 15 is 0 Å². The zero-order valence-corrected chi connectivity index (χ0v) is 45.6. The monoisotopic (exact) mass is 992 g/mol. The molecule has 3 aliphatic carbocycles. The second kappa shape index (κ2) is 19.3. The van der Waals surface area contributed by atoms with Crippen LogP contribution in [0.1, 0.15) is 135 Å². The van der Waals surface area contributed by atoms with Crippen LogP contribution >= 0.6 is 0 Å². The van der Waals surface area contributed by atoms with Gasteiger partial charge in [0.15, 0.2) is 5.82 Å². The number of para-hydroxylation sites is 1. The summed E-state index contributed by atoms with van der Waals surface area (Å²) in [5, 5.41) is 11.9. The van der Waals surface area contributed by atoms with Crippen molar-refractivity contribution in [2.24, 2.45) is 16.7 Å². The zero-order chi connectivity index (χ0) is 52.5. The predicted molar refractivity (Wildman–Crippen MR) is 322 cm³/mol. The molecule has 378 valence electrons. The molecule has 9 aromatic rings. The van der Waals surface area contributed by atoms with Gasteiger partial charge in [0.05, 0.1) is 34.5 Å². The number of aryl methyl sites for hydroxylation is 1. The summed E-state index contributed by atoms with van der Waals surface area (Å²) in [6.07, 6.45) is 27.8. The minimum absolute atomic E-state index is 0.193. The summed E-state index contributed by atoms with van der Waals surface area (Å²) >= 11 is 0. The van der Waals surface area contributed by atoms with E-state index in [1.807, 2.05) is 17.1 Å². The summed E-state index contributed by atoms with van der Waals surface area (Å²) in [4.78, 5) is 1.86. The van der Waals surface area contributed by atoms with Gasteiger partial charge in [-0.05, 0) is 177 Å². The van der Waals surface area contributed by atoms with Crippen LogP contribution in [-0.4, -0.2) is 24.1 Å². The van der Waals surface area contributed by atoms with Gasteiger partial charge in [0.2, 0.25) is 0 Å². The first-order valence-electron chi connectivity index (χ1n) is 27.5. The third kappa shape index (κ3) is 8.70. The Balaban J connectivity index is 0.915. The molecule has 12 rings (SSSR count). The van der Waals surface area contributed by atoms with Crippen molar-refractivity contribution >= 4 is 47.4 Å². The quantitative estimate of drug-likeness (QED) is 0.122. The van der Waals surface area contributed by atoms with Gasteiger partial charge < -0.3 is 4.57 Å². The Morgan fingerprint density at radius 1 is 0.632 bits per heavy atom. The molecule has 3 aliphatic rings. The number of allylic oxidation sites excluding steroid dienone is 3. The Morgan fingerprint density at radius 2 is 1.38 bits per heavy atom. The minimum Gasteiger partial charge on any atom is -0.309 e. The van der Waals surface area contributed by atoms with Crippen LogP contribution in [0.2, 0.25) is 0 Å². The highest BCUT2D eigenvalue weighted by molar-refractivity contribution is 5.93. The number of fused-ring (bicyclic) bond motifs is 9. The number of nitrogens with zero attached hydrogens (tertiary/aromatic N) is 5. The summed E-state index contributed by atoms with van der Waals surface area (Å²) in [7, 11) is 0. The molecule has 0 bridgehead atoms. The summed E-state index contributed by atoms with van der Waals surface area (Å²) in [5.41, 5.74) is 26.3. The Labute approximate surface area is 450 Å². The lowest BCUT2D eigenvalue weighted by Crippen LogP contribution is -2.27. The largest absolute Gasteiger partial charge is 0.309 e. The molecule has 1 unspecified atom stereocenters. The Bertz CT molecular complexity index is 3890. The molecule has 0 spiro atoms. The summed E-state index contributed by atoms with van der Waals surface area (Å²) in [5.74, 6) is 1.28. The zero-order valence-electron chi connectivity index (χ0n) is 45.6. The Hall–Kier alpha value is -8.02. The van der Waals surface area contributed by atoms with Gasteiger partial charge in [0.1, 0.15) is 0 Å². The van der Waals surface area contributed by atoms with Gasteiger partial charge in [-0.25, -0.2) is 0 Å². The molecule has 76 heavy (non-hydrogen) atoms.